The first kappa shape index (κ1) is 13.7. The van der Waals surface area contributed by atoms with Crippen LogP contribution in [0.4, 0.5) is 5.69 Å². The molecule has 0 aliphatic heterocycles. The van der Waals surface area contributed by atoms with Gasteiger partial charge in [-0.05, 0) is 37.5 Å². The summed E-state index contributed by atoms with van der Waals surface area (Å²) in [5.41, 5.74) is 7.34. The molecule has 98 valence electrons. The molecule has 0 heterocycles. The zero-order chi connectivity index (χ0) is 13.3. The Bertz CT molecular complexity index is 476. The minimum absolute atomic E-state index is 0.0512. The molecule has 1 amide bonds. The van der Waals surface area contributed by atoms with E-state index < -0.39 is 0 Å². The summed E-state index contributed by atoms with van der Waals surface area (Å²) in [6.45, 7) is 1.87. The number of carbonyl (C=O) groups excluding carboxylic acids is 1. The van der Waals surface area contributed by atoms with Crippen molar-refractivity contribution in [2.75, 3.05) is 5.32 Å². The van der Waals surface area contributed by atoms with E-state index in [9.17, 15) is 4.79 Å². The summed E-state index contributed by atoms with van der Waals surface area (Å²) < 4.78 is 0. The number of aryl methyl sites for hydroxylation is 1. The molecule has 1 aliphatic rings. The SMILES string of the molecule is Cc1cc(Cl)c(NC(=O)C2CCCC2N)cc1Cl. The Kier molecular flexibility index (Phi) is 4.15. The number of nitrogens with two attached hydrogens (primary N) is 1. The molecular weight excluding hydrogens is 271 g/mol. The summed E-state index contributed by atoms with van der Waals surface area (Å²) >= 11 is 12.1. The van der Waals surface area contributed by atoms with Gasteiger partial charge in [-0.1, -0.05) is 29.6 Å². The fourth-order valence-corrected chi connectivity index (χ4v) is 2.71. The van der Waals surface area contributed by atoms with Gasteiger partial charge < -0.3 is 11.1 Å². The summed E-state index contributed by atoms with van der Waals surface area (Å²) in [4.78, 5) is 12.1. The number of hydrogen-bond donors (Lipinski definition) is 2. The first-order valence-electron chi connectivity index (χ1n) is 6.01. The molecule has 1 aromatic rings. The second kappa shape index (κ2) is 5.47. The molecule has 0 spiro atoms. The van der Waals surface area contributed by atoms with Crippen LogP contribution in [-0.2, 0) is 4.79 Å². The van der Waals surface area contributed by atoms with Crippen molar-refractivity contribution < 1.29 is 4.79 Å². The third-order valence-electron chi connectivity index (χ3n) is 3.41. The second-order valence-corrected chi connectivity index (χ2v) is 5.59. The molecule has 1 fully saturated rings. The van der Waals surface area contributed by atoms with Crippen molar-refractivity contribution in [1.82, 2.24) is 0 Å². The molecule has 3 nitrogen and oxygen atoms in total. The Morgan fingerprint density at radius 1 is 1.33 bits per heavy atom. The van der Waals surface area contributed by atoms with Crippen LogP contribution in [0.1, 0.15) is 24.8 Å². The molecule has 0 bridgehead atoms. The Morgan fingerprint density at radius 3 is 2.67 bits per heavy atom. The van der Waals surface area contributed by atoms with Crippen LogP contribution in [0.15, 0.2) is 12.1 Å². The van der Waals surface area contributed by atoms with Crippen molar-refractivity contribution in [3.05, 3.63) is 27.7 Å². The average Bonchev–Trinajstić information content (AvgIpc) is 2.72. The number of anilines is 1. The lowest BCUT2D eigenvalue weighted by Crippen LogP contribution is -2.34. The van der Waals surface area contributed by atoms with Crippen LogP contribution in [0.25, 0.3) is 0 Å². The molecule has 2 unspecified atom stereocenters. The lowest BCUT2D eigenvalue weighted by Gasteiger charge is -2.16. The maximum Gasteiger partial charge on any atom is 0.229 e. The van der Waals surface area contributed by atoms with Crippen LogP contribution < -0.4 is 11.1 Å². The quantitative estimate of drug-likeness (QED) is 0.876. The van der Waals surface area contributed by atoms with Gasteiger partial charge in [0, 0.05) is 11.1 Å². The molecule has 0 radical (unpaired) electrons. The molecule has 1 aromatic carbocycles. The first-order valence-corrected chi connectivity index (χ1v) is 6.76. The molecule has 2 atom stereocenters. The van der Waals surface area contributed by atoms with E-state index in [2.05, 4.69) is 5.32 Å². The fraction of sp³-hybridized carbons (Fsp3) is 0.462. The van der Waals surface area contributed by atoms with Gasteiger partial charge in [-0.25, -0.2) is 0 Å². The van der Waals surface area contributed by atoms with Gasteiger partial charge >= 0.3 is 0 Å². The molecule has 5 heteroatoms. The van der Waals surface area contributed by atoms with Crippen LogP contribution in [0.3, 0.4) is 0 Å². The maximum atomic E-state index is 12.1. The molecular formula is C13H16Cl2N2O. The number of halogens is 2. The van der Waals surface area contributed by atoms with Crippen molar-refractivity contribution in [2.45, 2.75) is 32.2 Å². The maximum absolute atomic E-state index is 12.1. The largest absolute Gasteiger partial charge is 0.327 e. The van der Waals surface area contributed by atoms with E-state index in [-0.39, 0.29) is 17.9 Å². The zero-order valence-corrected chi connectivity index (χ0v) is 11.7. The highest BCUT2D eigenvalue weighted by Gasteiger charge is 2.30. The number of amides is 1. The molecule has 2 rings (SSSR count). The topological polar surface area (TPSA) is 55.1 Å². The van der Waals surface area contributed by atoms with Crippen LogP contribution in [-0.4, -0.2) is 11.9 Å². The van der Waals surface area contributed by atoms with Crippen LogP contribution in [0, 0.1) is 12.8 Å². The summed E-state index contributed by atoms with van der Waals surface area (Å²) in [6.07, 6.45) is 2.74. The highest BCUT2D eigenvalue weighted by Crippen LogP contribution is 2.31. The van der Waals surface area contributed by atoms with Crippen molar-refractivity contribution in [3.63, 3.8) is 0 Å². The number of rotatable bonds is 2. The van der Waals surface area contributed by atoms with Crippen LogP contribution in [0.5, 0.6) is 0 Å². The third kappa shape index (κ3) is 2.79. The van der Waals surface area contributed by atoms with Gasteiger partial charge in [-0.2, -0.15) is 0 Å². The molecule has 18 heavy (non-hydrogen) atoms. The summed E-state index contributed by atoms with van der Waals surface area (Å²) in [5.74, 6) is -0.192. The van der Waals surface area contributed by atoms with Gasteiger partial charge in [0.15, 0.2) is 0 Å². The lowest BCUT2D eigenvalue weighted by molar-refractivity contribution is -0.120. The second-order valence-electron chi connectivity index (χ2n) is 4.77. The minimum Gasteiger partial charge on any atom is -0.327 e. The van der Waals surface area contributed by atoms with Crippen LogP contribution >= 0.6 is 23.2 Å². The van der Waals surface area contributed by atoms with Crippen molar-refractivity contribution >= 4 is 34.8 Å². The highest BCUT2D eigenvalue weighted by atomic mass is 35.5. The zero-order valence-electron chi connectivity index (χ0n) is 10.2. The number of nitrogens with one attached hydrogen (secondary N) is 1. The Labute approximate surface area is 117 Å². The highest BCUT2D eigenvalue weighted by molar-refractivity contribution is 6.36. The van der Waals surface area contributed by atoms with E-state index in [0.717, 1.165) is 24.8 Å². The fourth-order valence-electron chi connectivity index (χ4n) is 2.28. The van der Waals surface area contributed by atoms with E-state index in [1.807, 2.05) is 6.92 Å². The molecule has 1 saturated carbocycles. The average molecular weight is 287 g/mol. The number of benzene rings is 1. The van der Waals surface area contributed by atoms with Gasteiger partial charge in [0.2, 0.25) is 5.91 Å². The smallest absolute Gasteiger partial charge is 0.229 e. The van der Waals surface area contributed by atoms with Gasteiger partial charge in [0.1, 0.15) is 0 Å². The van der Waals surface area contributed by atoms with Crippen molar-refractivity contribution in [3.8, 4) is 0 Å². The van der Waals surface area contributed by atoms with E-state index in [4.69, 9.17) is 28.9 Å². The van der Waals surface area contributed by atoms with Gasteiger partial charge in [0.25, 0.3) is 0 Å². The van der Waals surface area contributed by atoms with E-state index in [1.165, 1.54) is 0 Å². The van der Waals surface area contributed by atoms with Crippen LogP contribution in [0.2, 0.25) is 10.0 Å². The minimum atomic E-state index is -0.124. The van der Waals surface area contributed by atoms with Gasteiger partial charge in [0.05, 0.1) is 16.6 Å². The first-order chi connectivity index (χ1) is 8.49. The summed E-state index contributed by atoms with van der Waals surface area (Å²) in [6, 6.07) is 3.37. The Hall–Kier alpha value is -0.770. The summed E-state index contributed by atoms with van der Waals surface area (Å²) in [7, 11) is 0. The normalized spacial score (nSPS) is 23.1. The van der Waals surface area contributed by atoms with Crippen molar-refractivity contribution in [1.29, 1.82) is 0 Å². The van der Waals surface area contributed by atoms with E-state index >= 15 is 0 Å². The predicted octanol–water partition coefficient (Wildman–Crippen LogP) is 3.37. The Morgan fingerprint density at radius 2 is 2.06 bits per heavy atom. The molecule has 0 saturated heterocycles. The van der Waals surface area contributed by atoms with Gasteiger partial charge in [-0.3, -0.25) is 4.79 Å². The van der Waals surface area contributed by atoms with Crippen molar-refractivity contribution in [2.24, 2.45) is 11.7 Å². The Balaban J connectivity index is 2.14. The standard InChI is InChI=1S/C13H16Cl2N2O/c1-7-5-10(15)12(6-9(7)14)17-13(18)8-3-2-4-11(8)16/h5-6,8,11H,2-4,16H2,1H3,(H,17,18). The molecule has 0 aromatic heterocycles. The van der Waals surface area contributed by atoms with E-state index in [1.54, 1.807) is 12.1 Å². The van der Waals surface area contributed by atoms with E-state index in [0.29, 0.717) is 15.7 Å². The monoisotopic (exact) mass is 286 g/mol. The van der Waals surface area contributed by atoms with Gasteiger partial charge in [-0.15, -0.1) is 0 Å². The predicted molar refractivity (Wildman–Crippen MR) is 75.1 cm³/mol. The summed E-state index contributed by atoms with van der Waals surface area (Å²) in [5, 5.41) is 3.90. The number of carbonyl (C=O) groups is 1. The number of hydrogen-bond acceptors (Lipinski definition) is 2. The third-order valence-corrected chi connectivity index (χ3v) is 4.13. The molecule has 3 N–H and O–H groups in total. The molecule has 1 aliphatic carbocycles. The lowest BCUT2D eigenvalue weighted by atomic mass is 10.0.